The molecule has 0 fully saturated rings. The molecule has 4 aromatic carbocycles. The number of carbonyl (C=O) groups excluding carboxylic acids is 2. The molecular weight excluding hydrogens is 1300 g/mol. The Morgan fingerprint density at radius 2 is 0.795 bits per heavy atom. The number of carbonyl (C=O) groups is 2. The minimum absolute atomic E-state index is 0.161. The Morgan fingerprint density at radius 1 is 0.458 bits per heavy atom. The molecule has 5 aromatic rings. The molecule has 0 saturated carbocycles. The predicted molar refractivity (Wildman–Crippen MR) is 286 cm³/mol. The fourth-order valence-corrected chi connectivity index (χ4v) is 12.7. The van der Waals surface area contributed by atoms with Gasteiger partial charge in [0, 0.05) is 0 Å². The normalized spacial score (nSPS) is 15.5. The maximum absolute atomic E-state index is 14.3. The smallest absolute Gasteiger partial charge is 0.323 e. The van der Waals surface area contributed by atoms with Gasteiger partial charge < -0.3 is 10.6 Å². The average molecular weight is 1330 g/mol. The number of fused-ring (bicyclic) bond motifs is 2. The van der Waals surface area contributed by atoms with E-state index in [9.17, 15) is 95.1 Å². The largest absolute Gasteiger partial charge is 0.397 e. The predicted octanol–water partition coefficient (Wildman–Crippen LogP) is 1.48. The van der Waals surface area contributed by atoms with E-state index >= 15 is 0 Å². The second-order valence-corrected chi connectivity index (χ2v) is 28.6. The third kappa shape index (κ3) is 15.7. The lowest BCUT2D eigenvalue weighted by atomic mass is 9.93. The Labute approximate surface area is 473 Å². The van der Waals surface area contributed by atoms with Crippen molar-refractivity contribution in [3.8, 4) is 0 Å². The number of hydrogen-bond acceptors (Lipinski definition) is 29. The number of ketones is 2. The molecule has 1 heterocycles. The lowest BCUT2D eigenvalue weighted by molar-refractivity contribution is 0.105. The van der Waals surface area contributed by atoms with Crippen molar-refractivity contribution in [1.82, 2.24) is 15.0 Å². The number of aromatic nitrogens is 3. The fraction of sp³-hybridized carbons (Fsp3) is 0.103. The molecule has 2 aliphatic rings. The fourth-order valence-electron chi connectivity index (χ4n) is 7.14. The van der Waals surface area contributed by atoms with Crippen molar-refractivity contribution in [2.75, 3.05) is 46.2 Å². The summed E-state index contributed by atoms with van der Waals surface area (Å²) in [6, 6.07) is 10.3. The molecular formula is C39H32ClN9O26S8. The standard InChI is InChI=1S/C39H32ClN9O26S8/c40-37-43-38(41-27-17-25(78(56,57)58)13-19-15-29(80(62,63)64)33(35(50)31(19)27)48-46-21-1-5-23(6-2-21)76(52,53)11-9-74-82(68,69)70)45-39(44-37)42-28-18-26(79(59,60)61)14-20-16-30(81(65,66)67)34(36(51)32(20)28)49-47-22-3-7-24(8-4-22)77(54,55)12-10-75-83(71,72)73/h1-8,13-18,46-47H,9-12H2,(H,56,57,58)(H,59,60,61)(H,62,63,64)(H,65,66,67)(H,68,69,70)(H,71,72,73)(H2,41,42,43,44,45). The third-order valence-corrected chi connectivity index (χ3v) is 18.5. The number of anilines is 6. The highest BCUT2D eigenvalue weighted by molar-refractivity contribution is 7.92. The number of sulfone groups is 2. The zero-order valence-electron chi connectivity index (χ0n) is 40.1. The van der Waals surface area contributed by atoms with Gasteiger partial charge in [0.15, 0.2) is 31.1 Å². The van der Waals surface area contributed by atoms with E-state index in [1.807, 2.05) is 0 Å². The van der Waals surface area contributed by atoms with Gasteiger partial charge in [-0.2, -0.15) is 75.7 Å². The van der Waals surface area contributed by atoms with Crippen LogP contribution in [0.5, 0.6) is 0 Å². The number of nitrogens with zero attached hydrogens (tertiary/aromatic N) is 5. The van der Waals surface area contributed by atoms with E-state index in [1.54, 1.807) is 0 Å². The van der Waals surface area contributed by atoms with Crippen LogP contribution in [0, 0.1) is 0 Å². The van der Waals surface area contributed by atoms with E-state index in [4.69, 9.17) is 20.7 Å². The summed E-state index contributed by atoms with van der Waals surface area (Å²) in [7, 11) is -40.0. The number of hydrogen-bond donors (Lipinski definition) is 10. The minimum Gasteiger partial charge on any atom is -0.323 e. The van der Waals surface area contributed by atoms with E-state index < -0.39 is 209 Å². The number of nitrogens with one attached hydrogen (secondary N) is 4. The Kier molecular flexibility index (Phi) is 17.7. The second kappa shape index (κ2) is 23.1. The number of rotatable bonds is 22. The minimum atomic E-state index is -5.47. The lowest BCUT2D eigenvalue weighted by Gasteiger charge is -2.21. The molecule has 7 rings (SSSR count). The van der Waals surface area contributed by atoms with Crippen LogP contribution in [0.25, 0.3) is 12.2 Å². The van der Waals surface area contributed by atoms with Crippen LogP contribution in [0.3, 0.4) is 0 Å². The summed E-state index contributed by atoms with van der Waals surface area (Å²) in [5, 5.41) is 11.5. The number of benzene rings is 4. The molecule has 44 heteroatoms. The van der Waals surface area contributed by atoms with Crippen LogP contribution in [-0.2, 0) is 89.3 Å². The van der Waals surface area contributed by atoms with Gasteiger partial charge in [0.2, 0.25) is 28.7 Å². The van der Waals surface area contributed by atoms with Gasteiger partial charge in [-0.1, -0.05) is 0 Å². The van der Waals surface area contributed by atoms with Crippen LogP contribution >= 0.6 is 11.6 Å². The van der Waals surface area contributed by atoms with Crippen LogP contribution in [-0.4, -0.2) is 157 Å². The van der Waals surface area contributed by atoms with Gasteiger partial charge >= 0.3 is 20.8 Å². The monoisotopic (exact) mass is 1330 g/mol. The highest BCUT2D eigenvalue weighted by Gasteiger charge is 2.38. The molecule has 0 spiro atoms. The van der Waals surface area contributed by atoms with Gasteiger partial charge in [-0.3, -0.25) is 47.8 Å². The number of hydrazone groups is 2. The number of allylic oxidation sites excluding steroid dienone is 2. The van der Waals surface area contributed by atoms with Crippen molar-refractivity contribution in [1.29, 1.82) is 0 Å². The maximum Gasteiger partial charge on any atom is 0.397 e. The number of Topliss-reactive ketones (excluding diaryl/α,β-unsaturated/α-hetero) is 2. The molecule has 83 heavy (non-hydrogen) atoms. The highest BCUT2D eigenvalue weighted by atomic mass is 35.5. The van der Waals surface area contributed by atoms with E-state index in [0.29, 0.717) is 36.4 Å². The number of halogens is 1. The van der Waals surface area contributed by atoms with Crippen molar-refractivity contribution in [2.24, 2.45) is 10.2 Å². The van der Waals surface area contributed by atoms with Crippen LogP contribution < -0.4 is 21.5 Å². The molecule has 0 unspecified atom stereocenters. The van der Waals surface area contributed by atoms with Crippen molar-refractivity contribution in [3.63, 3.8) is 0 Å². The molecule has 0 aliphatic heterocycles. The first-order valence-corrected chi connectivity index (χ1v) is 33.6. The molecule has 0 atom stereocenters. The Morgan fingerprint density at radius 3 is 1.10 bits per heavy atom. The van der Waals surface area contributed by atoms with Crippen LogP contribution in [0.1, 0.15) is 31.8 Å². The molecule has 444 valence electrons. The zero-order valence-corrected chi connectivity index (χ0v) is 47.4. The van der Waals surface area contributed by atoms with Gasteiger partial charge in [0.05, 0.1) is 78.2 Å². The lowest BCUT2D eigenvalue weighted by Crippen LogP contribution is -2.28. The first-order chi connectivity index (χ1) is 38.1. The molecule has 2 aliphatic carbocycles. The molecule has 0 amide bonds. The first kappa shape index (κ1) is 63.4. The SMILES string of the molecule is O=C1C(=NNc2ccc(S(=O)(=O)CCOS(=O)(=O)O)cc2)C(S(=O)(=O)O)=Cc2cc(S(=O)(=O)O)cc(Nc3nc(Cl)nc(Nc4cc(S(=O)(=O)O)cc5c4C(=O)C(=NNc4ccc(S(=O)(=O)CCOS(=O)(=O)O)cc4)C(S(=O)(=O)O)=C5)n3)c21. The van der Waals surface area contributed by atoms with Crippen molar-refractivity contribution in [3.05, 3.63) is 110 Å². The van der Waals surface area contributed by atoms with Crippen molar-refractivity contribution < 1.29 is 113 Å². The first-order valence-electron chi connectivity index (χ1n) is 21.4. The average Bonchev–Trinajstić information content (AvgIpc) is 3.53. The second-order valence-electron chi connectivity index (χ2n) is 16.3. The summed E-state index contributed by atoms with van der Waals surface area (Å²) in [6.07, 6.45) is 1.09. The summed E-state index contributed by atoms with van der Waals surface area (Å²) < 4.78 is 261. The van der Waals surface area contributed by atoms with Crippen LogP contribution in [0.4, 0.5) is 34.6 Å². The summed E-state index contributed by atoms with van der Waals surface area (Å²) >= 11 is 6.21. The zero-order chi connectivity index (χ0) is 61.6. The van der Waals surface area contributed by atoms with Gasteiger partial charge in [-0.25, -0.2) is 25.2 Å². The maximum atomic E-state index is 14.3. The van der Waals surface area contributed by atoms with E-state index in [-0.39, 0.29) is 11.4 Å². The molecule has 35 nitrogen and oxygen atoms in total. The Balaban J connectivity index is 1.25. The van der Waals surface area contributed by atoms with E-state index in [0.717, 1.165) is 48.5 Å². The summed E-state index contributed by atoms with van der Waals surface area (Å²) in [5.74, 6) is -6.33. The summed E-state index contributed by atoms with van der Waals surface area (Å²) in [6.45, 7) is -1.95. The van der Waals surface area contributed by atoms with Gasteiger partial charge in [-0.15, -0.1) is 0 Å². The van der Waals surface area contributed by atoms with Gasteiger partial charge in [0.25, 0.3) is 40.5 Å². The Bertz CT molecular complexity index is 4380. The van der Waals surface area contributed by atoms with Crippen LogP contribution in [0.15, 0.2) is 112 Å². The van der Waals surface area contributed by atoms with Crippen molar-refractivity contribution in [2.45, 2.75) is 19.6 Å². The molecule has 1 aromatic heterocycles. The van der Waals surface area contributed by atoms with Crippen LogP contribution in [0.2, 0.25) is 5.28 Å². The van der Waals surface area contributed by atoms with Crippen molar-refractivity contribution >= 4 is 162 Å². The van der Waals surface area contributed by atoms with Gasteiger partial charge in [0.1, 0.15) is 9.81 Å². The Hall–Kier alpha value is -7.18. The quantitative estimate of drug-likeness (QED) is 0.0346. The molecule has 0 bridgehead atoms. The van der Waals surface area contributed by atoms with Gasteiger partial charge in [-0.05, 0) is 108 Å². The van der Waals surface area contributed by atoms with E-state index in [2.05, 4.69) is 55.0 Å². The highest BCUT2D eigenvalue weighted by Crippen LogP contribution is 2.37. The third-order valence-electron chi connectivity index (χ3n) is 10.7. The summed E-state index contributed by atoms with van der Waals surface area (Å²) in [5.41, 5.74) is -2.13. The molecule has 10 N–H and O–H groups in total. The molecule has 0 radical (unpaired) electrons. The van der Waals surface area contributed by atoms with E-state index in [1.165, 1.54) is 0 Å². The topological polar surface area (TPSA) is 559 Å². The summed E-state index contributed by atoms with van der Waals surface area (Å²) in [4.78, 5) is 34.8. The molecule has 0 saturated heterocycles.